The molecule has 12 nitrogen and oxygen atoms in total. The number of anilines is 5. The minimum Gasteiger partial charge on any atom is -0.494 e. The maximum absolute atomic E-state index is 14.1. The zero-order valence-corrected chi connectivity index (χ0v) is 22.7. The summed E-state index contributed by atoms with van der Waals surface area (Å²) in [6.07, 6.45) is 1.22. The van der Waals surface area contributed by atoms with E-state index in [2.05, 4.69) is 25.6 Å². The van der Waals surface area contributed by atoms with Crippen LogP contribution in [0.2, 0.25) is 5.02 Å². The summed E-state index contributed by atoms with van der Waals surface area (Å²) in [6, 6.07) is 5.38. The molecule has 0 aliphatic carbocycles. The molecule has 3 aromatic rings. The number of hydrogen-bond donors (Lipinski definition) is 3. The minimum atomic E-state index is -1.39. The number of nitro benzene ring substituents is 1. The number of aromatic nitrogens is 3. The summed E-state index contributed by atoms with van der Waals surface area (Å²) in [4.78, 5) is 27.6. The number of likely N-dealkylation sites (N-methyl/N-ethyl adjacent to an activating group) is 2. The van der Waals surface area contributed by atoms with Crippen LogP contribution in [0.15, 0.2) is 30.6 Å². The third-order valence-electron chi connectivity index (χ3n) is 5.57. The van der Waals surface area contributed by atoms with Crippen molar-refractivity contribution in [1.82, 2.24) is 19.9 Å². The van der Waals surface area contributed by atoms with E-state index in [9.17, 15) is 19.6 Å². The fraction of sp³-hybridized carbons (Fsp3) is 0.375. The van der Waals surface area contributed by atoms with Crippen LogP contribution in [-0.4, -0.2) is 71.2 Å². The van der Waals surface area contributed by atoms with Crippen molar-refractivity contribution in [2.24, 2.45) is 0 Å². The van der Waals surface area contributed by atoms with Crippen LogP contribution in [0.4, 0.5) is 39.0 Å². The van der Waals surface area contributed by atoms with E-state index >= 15 is 0 Å². The van der Waals surface area contributed by atoms with Gasteiger partial charge < -0.3 is 30.3 Å². The molecule has 0 bridgehead atoms. The highest BCUT2D eigenvalue weighted by molar-refractivity contribution is 6.31. The zero-order chi connectivity index (χ0) is 28.2. The average molecular weight is 549 g/mol. The molecule has 3 N–H and O–H groups in total. The number of methoxy groups -OCH3 is 1. The van der Waals surface area contributed by atoms with E-state index < -0.39 is 16.3 Å². The summed E-state index contributed by atoms with van der Waals surface area (Å²) in [6.45, 7) is 4.27. The molecule has 0 radical (unpaired) electrons. The summed E-state index contributed by atoms with van der Waals surface area (Å²) in [5.41, 5.74) is -0.333. The molecule has 3 rings (SSSR count). The molecule has 0 aliphatic heterocycles. The third-order valence-corrected chi connectivity index (χ3v) is 5.86. The van der Waals surface area contributed by atoms with Gasteiger partial charge in [-0.1, -0.05) is 11.6 Å². The molecule has 1 aromatic heterocycles. The molecule has 0 aliphatic rings. The minimum absolute atomic E-state index is 0.0572. The summed E-state index contributed by atoms with van der Waals surface area (Å²) < 4.78 is 19.6. The van der Waals surface area contributed by atoms with Gasteiger partial charge in [0.05, 0.1) is 28.3 Å². The Balaban J connectivity index is 1.94. The van der Waals surface area contributed by atoms with Crippen LogP contribution in [0.3, 0.4) is 0 Å². The first kappa shape index (κ1) is 28.8. The van der Waals surface area contributed by atoms with Crippen molar-refractivity contribution >= 4 is 46.2 Å². The predicted molar refractivity (Wildman–Crippen MR) is 145 cm³/mol. The molecule has 0 spiro atoms. The second-order valence-electron chi connectivity index (χ2n) is 9.28. The average Bonchev–Trinajstić information content (AvgIpc) is 2.83. The largest absolute Gasteiger partial charge is 0.494 e. The summed E-state index contributed by atoms with van der Waals surface area (Å²) in [5.74, 6) is -0.227. The second-order valence-corrected chi connectivity index (χ2v) is 9.68. The third kappa shape index (κ3) is 6.94. The van der Waals surface area contributed by atoms with Gasteiger partial charge in [0, 0.05) is 43.5 Å². The molecule has 1 heterocycles. The van der Waals surface area contributed by atoms with Gasteiger partial charge in [-0.15, -0.1) is 0 Å². The van der Waals surface area contributed by atoms with Gasteiger partial charge in [-0.3, -0.25) is 10.1 Å². The quantitative estimate of drug-likeness (QED) is 0.233. The Bertz CT molecular complexity index is 1320. The van der Waals surface area contributed by atoms with Gasteiger partial charge in [0.15, 0.2) is 0 Å². The van der Waals surface area contributed by atoms with E-state index in [1.165, 1.54) is 39.4 Å². The molecule has 0 saturated carbocycles. The van der Waals surface area contributed by atoms with E-state index in [0.717, 1.165) is 6.07 Å². The number of benzene rings is 2. The topological polar surface area (TPSA) is 142 Å². The fourth-order valence-corrected chi connectivity index (χ4v) is 3.72. The molecule has 0 amide bonds. The number of halogens is 2. The summed E-state index contributed by atoms with van der Waals surface area (Å²) in [5, 5.41) is 28.0. The van der Waals surface area contributed by atoms with Gasteiger partial charge in [-0.25, -0.2) is 14.4 Å². The van der Waals surface area contributed by atoms with Gasteiger partial charge in [-0.05, 0) is 40.1 Å². The van der Waals surface area contributed by atoms with Crippen LogP contribution in [0.5, 0.6) is 5.75 Å². The molecule has 0 atom stereocenters. The lowest BCUT2D eigenvalue weighted by atomic mass is 9.96. The van der Waals surface area contributed by atoms with Gasteiger partial charge in [0.25, 0.3) is 5.69 Å². The number of ether oxygens (including phenoxy) is 1. The molecule has 0 saturated heterocycles. The molecular weight excluding hydrogens is 519 g/mol. The van der Waals surface area contributed by atoms with Crippen molar-refractivity contribution in [3.63, 3.8) is 0 Å². The molecule has 14 heteroatoms. The van der Waals surface area contributed by atoms with Crippen molar-refractivity contribution in [1.29, 1.82) is 0 Å². The second kappa shape index (κ2) is 11.7. The SMILES string of the molecule is COc1cc(N(C)CCN(C)C)c([N+](=O)[O-])cc1Nc1ncnc(Nc2cc(Cl)c(F)cc2C(C)(C)O)n1. The Kier molecular flexibility index (Phi) is 8.86. The molecule has 2 aromatic carbocycles. The normalized spacial score (nSPS) is 11.4. The molecule has 0 fully saturated rings. The highest BCUT2D eigenvalue weighted by atomic mass is 35.5. The summed E-state index contributed by atoms with van der Waals surface area (Å²) in [7, 11) is 7.06. The molecule has 38 heavy (non-hydrogen) atoms. The first-order valence-corrected chi connectivity index (χ1v) is 11.8. The van der Waals surface area contributed by atoms with Gasteiger partial charge in [-0.2, -0.15) is 4.98 Å². The van der Waals surface area contributed by atoms with Crippen LogP contribution in [0.25, 0.3) is 0 Å². The van der Waals surface area contributed by atoms with Crippen molar-refractivity contribution in [2.45, 2.75) is 19.4 Å². The summed E-state index contributed by atoms with van der Waals surface area (Å²) >= 11 is 5.95. The highest BCUT2D eigenvalue weighted by Crippen LogP contribution is 2.39. The fourth-order valence-electron chi connectivity index (χ4n) is 3.56. The Morgan fingerprint density at radius 3 is 2.29 bits per heavy atom. The lowest BCUT2D eigenvalue weighted by Crippen LogP contribution is -2.29. The number of aliphatic hydroxyl groups is 1. The number of nitrogens with one attached hydrogen (secondary N) is 2. The van der Waals surface area contributed by atoms with E-state index in [1.54, 1.807) is 18.0 Å². The van der Waals surface area contributed by atoms with Gasteiger partial charge >= 0.3 is 0 Å². The van der Waals surface area contributed by atoms with Crippen LogP contribution < -0.4 is 20.3 Å². The molecular formula is C24H30ClFN8O4. The first-order valence-electron chi connectivity index (χ1n) is 11.5. The van der Waals surface area contributed by atoms with E-state index in [0.29, 0.717) is 30.2 Å². The number of nitrogens with zero attached hydrogens (tertiary/aromatic N) is 6. The highest BCUT2D eigenvalue weighted by Gasteiger charge is 2.24. The van der Waals surface area contributed by atoms with E-state index in [-0.39, 0.29) is 33.9 Å². The Labute approximate surface area is 224 Å². The monoisotopic (exact) mass is 548 g/mol. The number of rotatable bonds is 11. The Morgan fingerprint density at radius 1 is 1.11 bits per heavy atom. The van der Waals surface area contributed by atoms with Crippen molar-refractivity contribution < 1.29 is 19.2 Å². The van der Waals surface area contributed by atoms with Crippen molar-refractivity contribution in [3.05, 3.63) is 57.1 Å². The van der Waals surface area contributed by atoms with Gasteiger partial charge in [0.1, 0.15) is 23.6 Å². The Morgan fingerprint density at radius 2 is 1.74 bits per heavy atom. The predicted octanol–water partition coefficient (Wildman–Crippen LogP) is 4.29. The number of hydrogen-bond acceptors (Lipinski definition) is 11. The maximum atomic E-state index is 14.1. The van der Waals surface area contributed by atoms with Crippen LogP contribution in [0, 0.1) is 15.9 Å². The van der Waals surface area contributed by atoms with E-state index in [1.807, 2.05) is 19.0 Å². The standard InChI is InChI=1S/C24H30ClFN8O4/c1-24(2,35)14-9-16(26)15(25)10-17(14)29-22-27-13-28-23(31-22)30-18-11-20(34(36)37)19(12-21(18)38-6)33(5)8-7-32(3)4/h9-13,35H,7-8H2,1-6H3,(H2,27,28,29,30,31). The van der Waals surface area contributed by atoms with Crippen LogP contribution in [0.1, 0.15) is 19.4 Å². The van der Waals surface area contributed by atoms with E-state index in [4.69, 9.17) is 16.3 Å². The van der Waals surface area contributed by atoms with Crippen molar-refractivity contribution in [2.75, 3.05) is 56.9 Å². The molecule has 0 unspecified atom stereocenters. The molecule has 204 valence electrons. The van der Waals surface area contributed by atoms with Crippen LogP contribution >= 0.6 is 11.6 Å². The lowest BCUT2D eigenvalue weighted by molar-refractivity contribution is -0.384. The maximum Gasteiger partial charge on any atom is 0.294 e. The number of nitro groups is 1. The van der Waals surface area contributed by atoms with Crippen molar-refractivity contribution in [3.8, 4) is 5.75 Å². The smallest absolute Gasteiger partial charge is 0.294 e. The Hall–Kier alpha value is -3.81. The lowest BCUT2D eigenvalue weighted by Gasteiger charge is -2.23. The first-order chi connectivity index (χ1) is 17.8. The van der Waals surface area contributed by atoms with Gasteiger partial charge in [0.2, 0.25) is 11.9 Å². The van der Waals surface area contributed by atoms with Crippen LogP contribution in [-0.2, 0) is 5.60 Å². The zero-order valence-electron chi connectivity index (χ0n) is 21.9.